The minimum absolute atomic E-state index is 0.185. The Balaban J connectivity index is 1.53. The molecular formula is C22H17ClFN5O. The number of benzene rings is 2. The van der Waals surface area contributed by atoms with Gasteiger partial charge in [0.25, 0.3) is 5.91 Å². The van der Waals surface area contributed by atoms with Crippen LogP contribution in [0.2, 0.25) is 5.02 Å². The standard InChI is InChI=1S/C22H17ClFN5O/c23-18-5-1-15(2-6-18)13-29-14-20(27-28-29)22(30)26-21(17-9-11-25-12-10-17)16-3-7-19(24)8-4-16/h1-12,14,21H,13H2,(H,26,30). The van der Waals surface area contributed by atoms with E-state index in [1.54, 1.807) is 59.7 Å². The number of nitrogens with one attached hydrogen (secondary N) is 1. The van der Waals surface area contributed by atoms with Crippen LogP contribution in [-0.2, 0) is 6.54 Å². The lowest BCUT2D eigenvalue weighted by atomic mass is 9.99. The van der Waals surface area contributed by atoms with Gasteiger partial charge in [0.1, 0.15) is 5.82 Å². The van der Waals surface area contributed by atoms with Gasteiger partial charge in [0, 0.05) is 17.4 Å². The number of carbonyl (C=O) groups excluding carboxylic acids is 1. The number of amides is 1. The van der Waals surface area contributed by atoms with Crippen LogP contribution < -0.4 is 5.32 Å². The number of hydrogen-bond donors (Lipinski definition) is 1. The van der Waals surface area contributed by atoms with E-state index in [0.717, 1.165) is 16.7 Å². The first-order valence-corrected chi connectivity index (χ1v) is 9.57. The first kappa shape index (κ1) is 19.7. The zero-order chi connectivity index (χ0) is 20.9. The number of aromatic nitrogens is 4. The van der Waals surface area contributed by atoms with Gasteiger partial charge in [-0.15, -0.1) is 5.10 Å². The van der Waals surface area contributed by atoms with Gasteiger partial charge in [-0.05, 0) is 53.1 Å². The average molecular weight is 422 g/mol. The fraction of sp³-hybridized carbons (Fsp3) is 0.0909. The van der Waals surface area contributed by atoms with Crippen molar-refractivity contribution >= 4 is 17.5 Å². The summed E-state index contributed by atoms with van der Waals surface area (Å²) in [6.45, 7) is 0.462. The molecule has 1 amide bonds. The Bertz CT molecular complexity index is 1130. The molecule has 2 heterocycles. The summed E-state index contributed by atoms with van der Waals surface area (Å²) in [5.74, 6) is -0.729. The molecule has 150 valence electrons. The van der Waals surface area contributed by atoms with Gasteiger partial charge in [-0.25, -0.2) is 9.07 Å². The summed E-state index contributed by atoms with van der Waals surface area (Å²) in [4.78, 5) is 16.9. The molecule has 30 heavy (non-hydrogen) atoms. The summed E-state index contributed by atoms with van der Waals surface area (Å²) in [5, 5.41) is 11.6. The molecule has 4 aromatic rings. The van der Waals surface area contributed by atoms with Crippen LogP contribution in [0.4, 0.5) is 4.39 Å². The van der Waals surface area contributed by atoms with Crippen molar-refractivity contribution in [2.24, 2.45) is 0 Å². The number of halogens is 2. The van der Waals surface area contributed by atoms with E-state index in [-0.39, 0.29) is 17.4 Å². The maximum absolute atomic E-state index is 13.4. The second-order valence-electron chi connectivity index (χ2n) is 6.67. The van der Waals surface area contributed by atoms with Crippen LogP contribution in [0.25, 0.3) is 0 Å². The van der Waals surface area contributed by atoms with E-state index in [1.165, 1.54) is 12.1 Å². The van der Waals surface area contributed by atoms with E-state index in [1.807, 2.05) is 12.1 Å². The SMILES string of the molecule is O=C(NC(c1ccncc1)c1ccc(F)cc1)c1cn(Cc2ccc(Cl)cc2)nn1. The van der Waals surface area contributed by atoms with Crippen molar-refractivity contribution in [2.75, 3.05) is 0 Å². The highest BCUT2D eigenvalue weighted by Gasteiger charge is 2.20. The maximum Gasteiger partial charge on any atom is 0.274 e. The normalized spacial score (nSPS) is 11.8. The van der Waals surface area contributed by atoms with E-state index in [4.69, 9.17) is 11.6 Å². The van der Waals surface area contributed by atoms with Gasteiger partial charge in [0.05, 0.1) is 18.8 Å². The van der Waals surface area contributed by atoms with Gasteiger partial charge in [-0.2, -0.15) is 0 Å². The van der Waals surface area contributed by atoms with Crippen molar-refractivity contribution in [3.05, 3.63) is 112 Å². The zero-order valence-electron chi connectivity index (χ0n) is 15.7. The predicted octanol–water partition coefficient (Wildman–Crippen LogP) is 4.03. The highest BCUT2D eigenvalue weighted by atomic mass is 35.5. The summed E-state index contributed by atoms with van der Waals surface area (Å²) < 4.78 is 14.9. The lowest BCUT2D eigenvalue weighted by Crippen LogP contribution is -2.29. The minimum atomic E-state index is -0.484. The number of pyridine rings is 1. The predicted molar refractivity (Wildman–Crippen MR) is 111 cm³/mol. The molecule has 0 aliphatic carbocycles. The minimum Gasteiger partial charge on any atom is -0.340 e. The Morgan fingerprint density at radius 2 is 1.67 bits per heavy atom. The maximum atomic E-state index is 13.4. The van der Waals surface area contributed by atoms with Crippen LogP contribution >= 0.6 is 11.6 Å². The van der Waals surface area contributed by atoms with E-state index in [9.17, 15) is 9.18 Å². The third-order valence-corrected chi connectivity index (χ3v) is 4.80. The highest BCUT2D eigenvalue weighted by Crippen LogP contribution is 2.22. The highest BCUT2D eigenvalue weighted by molar-refractivity contribution is 6.30. The number of hydrogen-bond acceptors (Lipinski definition) is 4. The van der Waals surface area contributed by atoms with Gasteiger partial charge in [0.2, 0.25) is 0 Å². The average Bonchev–Trinajstić information content (AvgIpc) is 3.24. The number of rotatable bonds is 6. The summed E-state index contributed by atoms with van der Waals surface area (Å²) >= 11 is 5.91. The fourth-order valence-electron chi connectivity index (χ4n) is 3.03. The second kappa shape index (κ2) is 8.84. The quantitative estimate of drug-likeness (QED) is 0.510. The molecule has 8 heteroatoms. The van der Waals surface area contributed by atoms with Crippen LogP contribution in [0.5, 0.6) is 0 Å². The van der Waals surface area contributed by atoms with E-state index >= 15 is 0 Å². The first-order chi connectivity index (χ1) is 14.6. The van der Waals surface area contributed by atoms with Crippen molar-refractivity contribution < 1.29 is 9.18 Å². The van der Waals surface area contributed by atoms with Crippen molar-refractivity contribution in [3.8, 4) is 0 Å². The van der Waals surface area contributed by atoms with E-state index in [0.29, 0.717) is 11.6 Å². The second-order valence-corrected chi connectivity index (χ2v) is 7.10. The van der Waals surface area contributed by atoms with Crippen molar-refractivity contribution in [1.82, 2.24) is 25.3 Å². The third-order valence-electron chi connectivity index (χ3n) is 4.55. The first-order valence-electron chi connectivity index (χ1n) is 9.19. The molecular weight excluding hydrogens is 405 g/mol. The van der Waals surface area contributed by atoms with Crippen molar-refractivity contribution in [1.29, 1.82) is 0 Å². The largest absolute Gasteiger partial charge is 0.340 e. The summed E-state index contributed by atoms with van der Waals surface area (Å²) in [6, 6.07) is 16.5. The van der Waals surface area contributed by atoms with Crippen molar-refractivity contribution in [3.63, 3.8) is 0 Å². The summed E-state index contributed by atoms with van der Waals surface area (Å²) in [5.41, 5.74) is 2.73. The molecule has 1 unspecified atom stereocenters. The van der Waals surface area contributed by atoms with Crippen LogP contribution in [0.3, 0.4) is 0 Å². The molecule has 6 nitrogen and oxygen atoms in total. The van der Waals surface area contributed by atoms with Crippen LogP contribution in [-0.4, -0.2) is 25.9 Å². The molecule has 0 spiro atoms. The number of carbonyl (C=O) groups is 1. The monoisotopic (exact) mass is 421 g/mol. The molecule has 0 aliphatic rings. The van der Waals surface area contributed by atoms with E-state index < -0.39 is 6.04 Å². The van der Waals surface area contributed by atoms with Gasteiger partial charge in [-0.1, -0.05) is 41.1 Å². The van der Waals surface area contributed by atoms with Crippen LogP contribution in [0.1, 0.15) is 33.2 Å². The molecule has 0 fully saturated rings. The van der Waals surface area contributed by atoms with Crippen molar-refractivity contribution in [2.45, 2.75) is 12.6 Å². The Hall–Kier alpha value is -3.58. The molecule has 0 aliphatic heterocycles. The zero-order valence-corrected chi connectivity index (χ0v) is 16.5. The Morgan fingerprint density at radius 1 is 1.00 bits per heavy atom. The van der Waals surface area contributed by atoms with Gasteiger partial charge in [0.15, 0.2) is 5.69 Å². The van der Waals surface area contributed by atoms with Crippen LogP contribution in [0.15, 0.2) is 79.3 Å². The Kier molecular flexibility index (Phi) is 5.81. The van der Waals surface area contributed by atoms with Gasteiger partial charge < -0.3 is 5.32 Å². The summed E-state index contributed by atoms with van der Waals surface area (Å²) in [6.07, 6.45) is 4.86. The summed E-state index contributed by atoms with van der Waals surface area (Å²) in [7, 11) is 0. The molecule has 1 atom stereocenters. The molecule has 2 aromatic carbocycles. The molecule has 0 saturated heterocycles. The lowest BCUT2D eigenvalue weighted by Gasteiger charge is -2.19. The van der Waals surface area contributed by atoms with E-state index in [2.05, 4.69) is 20.6 Å². The molecule has 2 aromatic heterocycles. The van der Waals surface area contributed by atoms with Crippen LogP contribution in [0, 0.1) is 5.82 Å². The lowest BCUT2D eigenvalue weighted by molar-refractivity contribution is 0.0938. The smallest absolute Gasteiger partial charge is 0.274 e. The Labute approximate surface area is 177 Å². The molecule has 0 saturated carbocycles. The molecule has 0 radical (unpaired) electrons. The molecule has 0 bridgehead atoms. The Morgan fingerprint density at radius 3 is 2.37 bits per heavy atom. The topological polar surface area (TPSA) is 72.7 Å². The molecule has 1 N–H and O–H groups in total. The number of nitrogens with zero attached hydrogens (tertiary/aromatic N) is 4. The van der Waals surface area contributed by atoms with Gasteiger partial charge >= 0.3 is 0 Å². The van der Waals surface area contributed by atoms with Gasteiger partial charge in [-0.3, -0.25) is 9.78 Å². The molecule has 4 rings (SSSR count). The fourth-order valence-corrected chi connectivity index (χ4v) is 3.16. The third kappa shape index (κ3) is 4.69.